The summed E-state index contributed by atoms with van der Waals surface area (Å²) in [5.74, 6) is -0.260. The Morgan fingerprint density at radius 1 is 1.30 bits per heavy atom. The van der Waals surface area contributed by atoms with Gasteiger partial charge in [0.1, 0.15) is 0 Å². The smallest absolute Gasteiger partial charge is 0.237 e. The molecule has 2 N–H and O–H groups in total. The molecule has 2 rings (SSSR count). The van der Waals surface area contributed by atoms with Gasteiger partial charge in [0.25, 0.3) is 0 Å². The van der Waals surface area contributed by atoms with Crippen molar-refractivity contribution in [2.75, 3.05) is 17.2 Å². The quantitative estimate of drug-likeness (QED) is 0.589. The molecule has 6 nitrogen and oxygen atoms in total. The summed E-state index contributed by atoms with van der Waals surface area (Å²) in [6.07, 6.45) is 0. The van der Waals surface area contributed by atoms with E-state index in [1.807, 2.05) is 6.92 Å². The molecule has 1 heterocycles. The average Bonchev–Trinajstić information content (AvgIpc) is 2.95. The molecule has 0 radical (unpaired) electrons. The number of nitrogens with zero attached hydrogens (tertiary/aromatic N) is 2. The summed E-state index contributed by atoms with van der Waals surface area (Å²) < 4.78 is 0.725. The Bertz CT molecular complexity index is 702. The first-order valence-electron chi connectivity index (χ1n) is 7.16. The molecule has 0 saturated carbocycles. The van der Waals surface area contributed by atoms with Gasteiger partial charge in [0.15, 0.2) is 10.1 Å². The first-order chi connectivity index (χ1) is 11.0. The van der Waals surface area contributed by atoms with Gasteiger partial charge >= 0.3 is 0 Å². The predicted molar refractivity (Wildman–Crippen MR) is 94.5 cm³/mol. The highest BCUT2D eigenvalue weighted by Gasteiger charge is 2.18. The normalized spacial score (nSPS) is 11.8. The van der Waals surface area contributed by atoms with Gasteiger partial charge in [-0.25, -0.2) is 0 Å². The number of aromatic nitrogens is 2. The van der Waals surface area contributed by atoms with E-state index in [4.69, 9.17) is 0 Å². The van der Waals surface area contributed by atoms with Crippen molar-refractivity contribution >= 4 is 45.6 Å². The van der Waals surface area contributed by atoms with Crippen LogP contribution in [-0.4, -0.2) is 33.7 Å². The molecule has 1 aromatic heterocycles. The second-order valence-corrected chi connectivity index (χ2v) is 7.32. The maximum Gasteiger partial charge on any atom is 0.237 e. The van der Waals surface area contributed by atoms with Crippen LogP contribution in [0.3, 0.4) is 0 Å². The van der Waals surface area contributed by atoms with Crippen LogP contribution in [0.1, 0.15) is 31.1 Å². The van der Waals surface area contributed by atoms with Crippen LogP contribution in [0.25, 0.3) is 0 Å². The zero-order valence-corrected chi connectivity index (χ0v) is 14.8. The minimum Gasteiger partial charge on any atom is -0.360 e. The zero-order chi connectivity index (χ0) is 16.8. The highest BCUT2D eigenvalue weighted by atomic mass is 32.2. The Morgan fingerprint density at radius 2 is 2.04 bits per heavy atom. The molecule has 8 heteroatoms. The van der Waals surface area contributed by atoms with Crippen molar-refractivity contribution in [1.82, 2.24) is 10.2 Å². The van der Waals surface area contributed by atoms with Gasteiger partial charge in [-0.05, 0) is 32.9 Å². The van der Waals surface area contributed by atoms with Gasteiger partial charge < -0.3 is 10.6 Å². The van der Waals surface area contributed by atoms with E-state index < -0.39 is 0 Å². The number of benzene rings is 1. The number of carbonyl (C=O) groups is 2. The molecule has 0 fully saturated rings. The molecule has 0 aliphatic heterocycles. The van der Waals surface area contributed by atoms with Crippen LogP contribution < -0.4 is 10.6 Å². The minimum atomic E-state index is -0.350. The fourth-order valence-electron chi connectivity index (χ4n) is 1.82. The van der Waals surface area contributed by atoms with Crippen LogP contribution >= 0.6 is 23.1 Å². The Labute approximate surface area is 143 Å². The molecule has 0 bridgehead atoms. The van der Waals surface area contributed by atoms with Crippen molar-refractivity contribution in [3.63, 3.8) is 0 Å². The molecule has 1 aromatic carbocycles. The summed E-state index contributed by atoms with van der Waals surface area (Å²) in [5.41, 5.74) is 1.03. The molecule has 1 amide bonds. The van der Waals surface area contributed by atoms with Crippen LogP contribution in [0.2, 0.25) is 0 Å². The molecule has 2 aromatic rings. The number of thioether (sulfide) groups is 1. The van der Waals surface area contributed by atoms with Gasteiger partial charge in [0.2, 0.25) is 11.0 Å². The third-order valence-electron chi connectivity index (χ3n) is 2.95. The summed E-state index contributed by atoms with van der Waals surface area (Å²) in [6, 6.07) is 6.98. The van der Waals surface area contributed by atoms with E-state index >= 15 is 0 Å². The molecule has 1 atom stereocenters. The molecule has 0 unspecified atom stereocenters. The van der Waals surface area contributed by atoms with Gasteiger partial charge in [0.05, 0.1) is 10.9 Å². The summed E-state index contributed by atoms with van der Waals surface area (Å²) in [7, 11) is 0. The first kappa shape index (κ1) is 17.4. The Hall–Kier alpha value is -1.93. The van der Waals surface area contributed by atoms with Crippen molar-refractivity contribution in [3.8, 4) is 0 Å². The number of para-hydroxylation sites is 1. The van der Waals surface area contributed by atoms with Gasteiger partial charge in [-0.3, -0.25) is 9.59 Å². The lowest BCUT2D eigenvalue weighted by Crippen LogP contribution is -2.23. The molecule has 0 spiro atoms. The predicted octanol–water partition coefficient (Wildman–Crippen LogP) is 3.29. The number of ketones is 1. The highest BCUT2D eigenvalue weighted by molar-refractivity contribution is 8.02. The summed E-state index contributed by atoms with van der Waals surface area (Å²) in [6.45, 7) is 6.03. The topological polar surface area (TPSA) is 84.0 Å². The third kappa shape index (κ3) is 4.77. The largest absolute Gasteiger partial charge is 0.360 e. The van der Waals surface area contributed by atoms with Gasteiger partial charge in [0, 0.05) is 12.1 Å². The van der Waals surface area contributed by atoms with E-state index in [2.05, 4.69) is 20.8 Å². The number of anilines is 2. The maximum atomic E-state index is 12.3. The SMILES string of the molecule is CCNc1nnc(S[C@@H](C)C(=O)Nc2ccccc2C(C)=O)s1. The first-order valence-corrected chi connectivity index (χ1v) is 8.85. The van der Waals surface area contributed by atoms with E-state index in [1.165, 1.54) is 30.0 Å². The average molecular weight is 350 g/mol. The van der Waals surface area contributed by atoms with Crippen molar-refractivity contribution in [3.05, 3.63) is 29.8 Å². The van der Waals surface area contributed by atoms with Crippen molar-refractivity contribution in [1.29, 1.82) is 0 Å². The fourth-order valence-corrected chi connectivity index (χ4v) is 3.78. The number of rotatable bonds is 7. The van der Waals surface area contributed by atoms with Crippen LogP contribution in [0, 0.1) is 0 Å². The molecule has 0 saturated heterocycles. The van der Waals surface area contributed by atoms with Crippen LogP contribution in [0.5, 0.6) is 0 Å². The molecule has 122 valence electrons. The number of hydrogen-bond donors (Lipinski definition) is 2. The van der Waals surface area contributed by atoms with Gasteiger partial charge in [-0.15, -0.1) is 10.2 Å². The lowest BCUT2D eigenvalue weighted by molar-refractivity contribution is -0.115. The molecular formula is C15H18N4O2S2. The summed E-state index contributed by atoms with van der Waals surface area (Å²) in [5, 5.41) is 14.3. The Kier molecular flexibility index (Phi) is 6.12. The van der Waals surface area contributed by atoms with E-state index in [0.29, 0.717) is 11.3 Å². The number of nitrogens with one attached hydrogen (secondary N) is 2. The molecule has 23 heavy (non-hydrogen) atoms. The minimum absolute atomic E-state index is 0.0828. The standard InChI is InChI=1S/C15H18N4O2S2/c1-4-16-14-18-19-15(23-14)22-10(3)13(21)17-12-8-6-5-7-11(12)9(2)20/h5-8,10H,4H2,1-3H3,(H,16,18)(H,17,21)/t10-/m0/s1. The Morgan fingerprint density at radius 3 is 2.74 bits per heavy atom. The summed E-state index contributed by atoms with van der Waals surface area (Å²) >= 11 is 2.75. The van der Waals surface area contributed by atoms with Crippen molar-refractivity contribution in [2.24, 2.45) is 0 Å². The molecule has 0 aliphatic rings. The monoisotopic (exact) mass is 350 g/mol. The van der Waals surface area contributed by atoms with E-state index in [-0.39, 0.29) is 16.9 Å². The number of hydrogen-bond acceptors (Lipinski definition) is 7. The van der Waals surface area contributed by atoms with Gasteiger partial charge in [-0.2, -0.15) is 0 Å². The van der Waals surface area contributed by atoms with Crippen LogP contribution in [0.15, 0.2) is 28.6 Å². The van der Waals surface area contributed by atoms with Crippen LogP contribution in [-0.2, 0) is 4.79 Å². The third-order valence-corrected chi connectivity index (χ3v) is 5.01. The second kappa shape index (κ2) is 8.07. The van der Waals surface area contributed by atoms with Crippen molar-refractivity contribution < 1.29 is 9.59 Å². The lowest BCUT2D eigenvalue weighted by Gasteiger charge is -2.12. The van der Waals surface area contributed by atoms with E-state index in [9.17, 15) is 9.59 Å². The maximum absolute atomic E-state index is 12.3. The number of Topliss-reactive ketones (excluding diaryl/α,β-unsaturated/α-hetero) is 1. The lowest BCUT2D eigenvalue weighted by atomic mass is 10.1. The van der Waals surface area contributed by atoms with Crippen LogP contribution in [0.4, 0.5) is 10.8 Å². The molecule has 0 aliphatic carbocycles. The zero-order valence-electron chi connectivity index (χ0n) is 13.1. The fraction of sp³-hybridized carbons (Fsp3) is 0.333. The van der Waals surface area contributed by atoms with E-state index in [0.717, 1.165) is 16.0 Å². The van der Waals surface area contributed by atoms with Gasteiger partial charge in [-0.1, -0.05) is 35.2 Å². The Balaban J connectivity index is 2.01. The highest BCUT2D eigenvalue weighted by Crippen LogP contribution is 2.29. The molecular weight excluding hydrogens is 332 g/mol. The number of carbonyl (C=O) groups excluding carboxylic acids is 2. The number of amides is 1. The van der Waals surface area contributed by atoms with E-state index in [1.54, 1.807) is 31.2 Å². The summed E-state index contributed by atoms with van der Waals surface area (Å²) in [4.78, 5) is 23.9. The second-order valence-electron chi connectivity index (χ2n) is 4.75. The van der Waals surface area contributed by atoms with Crippen molar-refractivity contribution in [2.45, 2.75) is 30.4 Å².